The lowest BCUT2D eigenvalue weighted by atomic mass is 9.81. The van der Waals surface area contributed by atoms with Crippen molar-refractivity contribution in [2.75, 3.05) is 14.1 Å². The lowest BCUT2D eigenvalue weighted by molar-refractivity contribution is -0.471. The fourth-order valence-electron chi connectivity index (χ4n) is 5.15. The highest BCUT2D eigenvalue weighted by Gasteiger charge is 2.75. The molecule has 0 aliphatic carbocycles. The first kappa shape index (κ1) is 55.4. The molecule has 2 aromatic rings. The standard InChI is InChI=1S/C21H27F8NO2.C21H29F6NO/c1-13(2)19(24,25)21(28,29)32-20(26,27)18(22,23)11-16(31)30(6)12-14-7-9-15(10-8-14)17(3,4)5;1-17(2,3)15-10-8-14(9-11-15)13-28(7)16(29)12-19(22,23)21(26,27)20(24,25)18(4,5)6/h7-10,13H,11-12H2,1-6H3;8-11H,12-13H2,1-7H3. The van der Waals surface area contributed by atoms with Gasteiger partial charge in [0.05, 0.1) is 12.8 Å². The Labute approximate surface area is 348 Å². The number of alkyl halides is 14. The fourth-order valence-corrected chi connectivity index (χ4v) is 5.15. The molecule has 0 spiro atoms. The fraction of sp³-hybridized carbons (Fsp3) is 0.667. The highest BCUT2D eigenvalue weighted by atomic mass is 19.4. The number of carbonyl (C=O) groups excluding carboxylic acids is 2. The Kier molecular flexibility index (Phi) is 16.9. The van der Waals surface area contributed by atoms with Gasteiger partial charge < -0.3 is 9.80 Å². The molecule has 0 saturated heterocycles. The second-order valence-electron chi connectivity index (χ2n) is 18.5. The van der Waals surface area contributed by atoms with E-state index in [0.29, 0.717) is 29.9 Å². The molecular weight excluding hydrogens is 846 g/mol. The predicted octanol–water partition coefficient (Wildman–Crippen LogP) is 12.7. The van der Waals surface area contributed by atoms with Crippen LogP contribution in [0.5, 0.6) is 0 Å². The third-order valence-electron chi connectivity index (χ3n) is 9.67. The predicted molar refractivity (Wildman–Crippen MR) is 202 cm³/mol. The first-order valence-electron chi connectivity index (χ1n) is 18.9. The Morgan fingerprint density at radius 3 is 1.10 bits per heavy atom. The number of halogens is 14. The molecular formula is C42H56F14N2O3. The van der Waals surface area contributed by atoms with Crippen LogP contribution in [0, 0.1) is 11.3 Å². The zero-order valence-electron chi connectivity index (χ0n) is 36.4. The lowest BCUT2D eigenvalue weighted by Crippen LogP contribution is -2.60. The quantitative estimate of drug-likeness (QED) is 0.167. The van der Waals surface area contributed by atoms with Crippen molar-refractivity contribution in [2.24, 2.45) is 11.3 Å². The molecule has 2 rings (SSSR count). The smallest absolute Gasteiger partial charge is 0.341 e. The number of hydrogen-bond acceptors (Lipinski definition) is 3. The molecule has 0 heterocycles. The van der Waals surface area contributed by atoms with E-state index in [1.807, 2.05) is 53.7 Å². The van der Waals surface area contributed by atoms with Gasteiger partial charge in [0.25, 0.3) is 0 Å². The van der Waals surface area contributed by atoms with Gasteiger partial charge in [-0.2, -0.15) is 61.5 Å². The monoisotopic (exact) mass is 902 g/mol. The van der Waals surface area contributed by atoms with Crippen LogP contribution in [0.2, 0.25) is 0 Å². The molecule has 2 aromatic carbocycles. The molecule has 0 atom stereocenters. The van der Waals surface area contributed by atoms with Crippen LogP contribution in [-0.4, -0.2) is 77.5 Å². The first-order chi connectivity index (χ1) is 26.9. The zero-order chi connectivity index (χ0) is 48.4. The molecule has 0 aliphatic heterocycles. The van der Waals surface area contributed by atoms with Crippen molar-refractivity contribution in [3.8, 4) is 0 Å². The maximum atomic E-state index is 14.1. The number of hydrogen-bond donors (Lipinski definition) is 0. The minimum atomic E-state index is -6.03. The minimum Gasteiger partial charge on any atom is -0.341 e. The molecule has 19 heteroatoms. The Balaban J connectivity index is 0.000000613. The van der Waals surface area contributed by atoms with Crippen LogP contribution in [-0.2, 0) is 38.2 Å². The first-order valence-corrected chi connectivity index (χ1v) is 18.9. The number of carbonyl (C=O) groups is 2. The third kappa shape index (κ3) is 13.4. The van der Waals surface area contributed by atoms with Crippen LogP contribution >= 0.6 is 0 Å². The summed E-state index contributed by atoms with van der Waals surface area (Å²) in [6, 6.07) is 13.8. The highest BCUT2D eigenvalue weighted by molar-refractivity contribution is 5.77. The van der Waals surface area contributed by atoms with E-state index in [1.54, 1.807) is 36.4 Å². The van der Waals surface area contributed by atoms with Gasteiger partial charge in [0.2, 0.25) is 11.8 Å². The van der Waals surface area contributed by atoms with Crippen molar-refractivity contribution in [2.45, 2.75) is 155 Å². The largest absolute Gasteiger partial charge is 0.424 e. The van der Waals surface area contributed by atoms with E-state index in [1.165, 1.54) is 0 Å². The van der Waals surface area contributed by atoms with E-state index in [9.17, 15) is 71.1 Å². The van der Waals surface area contributed by atoms with Crippen LogP contribution < -0.4 is 0 Å². The van der Waals surface area contributed by atoms with Gasteiger partial charge in [-0.3, -0.25) is 9.59 Å². The Bertz CT molecular complexity index is 1760. The van der Waals surface area contributed by atoms with Crippen molar-refractivity contribution in [3.05, 3.63) is 70.8 Å². The number of rotatable bonds is 15. The van der Waals surface area contributed by atoms with Gasteiger partial charge in [0.1, 0.15) is 0 Å². The van der Waals surface area contributed by atoms with Crippen LogP contribution in [0.4, 0.5) is 61.5 Å². The highest BCUT2D eigenvalue weighted by Crippen LogP contribution is 2.55. The average Bonchev–Trinajstić information content (AvgIpc) is 3.06. The van der Waals surface area contributed by atoms with E-state index in [4.69, 9.17) is 0 Å². The van der Waals surface area contributed by atoms with Crippen LogP contribution in [0.3, 0.4) is 0 Å². The maximum absolute atomic E-state index is 14.1. The molecule has 5 nitrogen and oxygen atoms in total. The second-order valence-corrected chi connectivity index (χ2v) is 18.5. The van der Waals surface area contributed by atoms with Crippen molar-refractivity contribution in [3.63, 3.8) is 0 Å². The average molecular weight is 903 g/mol. The summed E-state index contributed by atoms with van der Waals surface area (Å²) in [6.07, 6.45) is -16.2. The van der Waals surface area contributed by atoms with Gasteiger partial charge in [0, 0.05) is 38.5 Å². The van der Waals surface area contributed by atoms with Crippen LogP contribution in [0.25, 0.3) is 0 Å². The topological polar surface area (TPSA) is 49.9 Å². The number of amides is 2. The summed E-state index contributed by atoms with van der Waals surface area (Å²) in [5.41, 5.74) is 0.397. The summed E-state index contributed by atoms with van der Waals surface area (Å²) in [5, 5.41) is 0. The normalized spacial score (nSPS) is 14.1. The molecule has 0 radical (unpaired) electrons. The molecule has 61 heavy (non-hydrogen) atoms. The van der Waals surface area contributed by atoms with E-state index in [0.717, 1.165) is 50.9 Å². The van der Waals surface area contributed by atoms with Crippen molar-refractivity contribution in [1.82, 2.24) is 9.80 Å². The number of benzene rings is 2. The molecule has 0 unspecified atom stereocenters. The summed E-state index contributed by atoms with van der Waals surface area (Å²) < 4.78 is 196. The van der Waals surface area contributed by atoms with Crippen LogP contribution in [0.15, 0.2) is 48.5 Å². The van der Waals surface area contributed by atoms with Gasteiger partial charge in [-0.1, -0.05) is 125 Å². The maximum Gasteiger partial charge on any atom is 0.424 e. The Morgan fingerprint density at radius 2 is 0.820 bits per heavy atom. The Morgan fingerprint density at radius 1 is 0.508 bits per heavy atom. The summed E-state index contributed by atoms with van der Waals surface area (Å²) >= 11 is 0. The molecule has 0 aromatic heterocycles. The number of ether oxygens (including phenoxy) is 1. The van der Waals surface area contributed by atoms with Gasteiger partial charge in [-0.15, -0.1) is 0 Å². The molecule has 0 fully saturated rings. The summed E-state index contributed by atoms with van der Waals surface area (Å²) in [4.78, 5) is 25.6. The molecule has 0 bridgehead atoms. The van der Waals surface area contributed by atoms with E-state index in [2.05, 4.69) is 4.74 Å². The molecule has 0 saturated carbocycles. The van der Waals surface area contributed by atoms with E-state index < -0.39 is 77.8 Å². The van der Waals surface area contributed by atoms with Gasteiger partial charge in [-0.05, 0) is 33.1 Å². The van der Waals surface area contributed by atoms with Crippen LogP contribution in [0.1, 0.15) is 111 Å². The SMILES string of the molecule is CC(C)C(F)(F)C(F)(F)OC(F)(F)C(F)(F)CC(=O)N(C)Cc1ccc(C(C)(C)C)cc1.CN(Cc1ccc(C(C)(C)C)cc1)C(=O)CC(F)(F)C(F)(F)C(F)(F)C(C)(C)C. The van der Waals surface area contributed by atoms with Gasteiger partial charge >= 0.3 is 41.8 Å². The van der Waals surface area contributed by atoms with Crippen molar-refractivity contribution < 1.29 is 75.8 Å². The van der Waals surface area contributed by atoms with E-state index in [-0.39, 0.29) is 23.9 Å². The van der Waals surface area contributed by atoms with E-state index >= 15 is 0 Å². The second kappa shape index (κ2) is 18.6. The third-order valence-corrected chi connectivity index (χ3v) is 9.67. The van der Waals surface area contributed by atoms with Crippen molar-refractivity contribution >= 4 is 11.8 Å². The summed E-state index contributed by atoms with van der Waals surface area (Å²) in [6.45, 7) is 15.0. The van der Waals surface area contributed by atoms with Crippen molar-refractivity contribution in [1.29, 1.82) is 0 Å². The minimum absolute atomic E-state index is 0.105. The molecule has 0 N–H and O–H groups in total. The Hall–Kier alpha value is -3.64. The summed E-state index contributed by atoms with van der Waals surface area (Å²) in [5.74, 6) is -31.5. The van der Waals surface area contributed by atoms with Gasteiger partial charge in [0.15, 0.2) is 0 Å². The molecule has 350 valence electrons. The molecule has 0 aliphatic rings. The summed E-state index contributed by atoms with van der Waals surface area (Å²) in [7, 11) is 2.22. The van der Waals surface area contributed by atoms with Gasteiger partial charge in [-0.25, -0.2) is 4.74 Å². The number of nitrogens with zero attached hydrogens (tertiary/aromatic N) is 2. The molecule has 2 amide bonds. The zero-order valence-corrected chi connectivity index (χ0v) is 36.4. The lowest BCUT2D eigenvalue weighted by Gasteiger charge is -2.40.